The van der Waals surface area contributed by atoms with Gasteiger partial charge in [0.2, 0.25) is 0 Å². The SMILES string of the molecule is CN1CCN(c2ccc(-c3cccc(NS(=O)(=O)c4ccc(F)cc4F)c3)nn2)CC1. The standard InChI is InChI=1S/C21H21F2N5O2S/c1-27-9-11-28(12-10-27)21-8-6-19(24-25-21)15-3-2-4-17(13-15)26-31(29,30)20-7-5-16(22)14-18(20)23/h2-8,13-14,26H,9-12H2,1H3. The van der Waals surface area contributed by atoms with Crippen LogP contribution in [0.15, 0.2) is 59.5 Å². The van der Waals surface area contributed by atoms with Gasteiger partial charge < -0.3 is 9.80 Å². The van der Waals surface area contributed by atoms with Crippen LogP contribution in [0.25, 0.3) is 11.3 Å². The van der Waals surface area contributed by atoms with E-state index in [1.165, 1.54) is 6.07 Å². The number of nitrogens with one attached hydrogen (secondary N) is 1. The van der Waals surface area contributed by atoms with Crippen molar-refractivity contribution in [1.29, 1.82) is 0 Å². The van der Waals surface area contributed by atoms with Gasteiger partial charge in [-0.25, -0.2) is 17.2 Å². The predicted molar refractivity (Wildman–Crippen MR) is 114 cm³/mol. The monoisotopic (exact) mass is 445 g/mol. The quantitative estimate of drug-likeness (QED) is 0.651. The number of anilines is 2. The molecule has 10 heteroatoms. The fourth-order valence-electron chi connectivity index (χ4n) is 3.33. The third-order valence-electron chi connectivity index (χ3n) is 5.07. The fraction of sp³-hybridized carbons (Fsp3) is 0.238. The van der Waals surface area contributed by atoms with Crippen LogP contribution in [0.4, 0.5) is 20.3 Å². The summed E-state index contributed by atoms with van der Waals surface area (Å²) >= 11 is 0. The van der Waals surface area contributed by atoms with E-state index in [0.29, 0.717) is 17.3 Å². The van der Waals surface area contributed by atoms with Crippen LogP contribution in [-0.4, -0.2) is 56.7 Å². The molecular weight excluding hydrogens is 424 g/mol. The second-order valence-electron chi connectivity index (χ2n) is 7.33. The maximum atomic E-state index is 13.9. The molecule has 1 saturated heterocycles. The molecule has 0 atom stereocenters. The molecule has 162 valence electrons. The molecule has 0 unspecified atom stereocenters. The number of likely N-dealkylation sites (N-methyl/N-ethyl adjacent to an activating group) is 1. The summed E-state index contributed by atoms with van der Waals surface area (Å²) in [5.41, 5.74) is 1.45. The Hall–Kier alpha value is -3.11. The van der Waals surface area contributed by atoms with Gasteiger partial charge in [0, 0.05) is 43.5 Å². The molecule has 0 bridgehead atoms. The lowest BCUT2D eigenvalue weighted by molar-refractivity contribution is 0.312. The summed E-state index contributed by atoms with van der Waals surface area (Å²) in [5.74, 6) is -1.22. The summed E-state index contributed by atoms with van der Waals surface area (Å²) in [6.07, 6.45) is 0. The van der Waals surface area contributed by atoms with Crippen LogP contribution in [0.2, 0.25) is 0 Å². The summed E-state index contributed by atoms with van der Waals surface area (Å²) in [5, 5.41) is 8.59. The molecule has 0 spiro atoms. The minimum absolute atomic E-state index is 0.228. The number of benzene rings is 2. The van der Waals surface area contributed by atoms with Crippen molar-refractivity contribution in [2.24, 2.45) is 0 Å². The Morgan fingerprint density at radius 3 is 2.39 bits per heavy atom. The highest BCUT2D eigenvalue weighted by atomic mass is 32.2. The first-order valence-corrected chi connectivity index (χ1v) is 11.2. The minimum atomic E-state index is -4.22. The number of rotatable bonds is 5. The summed E-state index contributed by atoms with van der Waals surface area (Å²) in [6.45, 7) is 3.67. The number of nitrogens with zero attached hydrogens (tertiary/aromatic N) is 4. The molecule has 7 nitrogen and oxygen atoms in total. The lowest BCUT2D eigenvalue weighted by Crippen LogP contribution is -2.44. The van der Waals surface area contributed by atoms with Crippen LogP contribution in [0, 0.1) is 11.6 Å². The van der Waals surface area contributed by atoms with E-state index in [1.54, 1.807) is 18.2 Å². The molecule has 2 aromatic carbocycles. The second kappa shape index (κ2) is 8.56. The van der Waals surface area contributed by atoms with Gasteiger partial charge in [0.25, 0.3) is 10.0 Å². The van der Waals surface area contributed by atoms with Crippen molar-refractivity contribution in [3.05, 3.63) is 66.2 Å². The van der Waals surface area contributed by atoms with Gasteiger partial charge in [0.1, 0.15) is 16.5 Å². The molecule has 0 saturated carbocycles. The zero-order chi connectivity index (χ0) is 22.0. The molecule has 1 N–H and O–H groups in total. The Balaban J connectivity index is 1.53. The molecular formula is C21H21F2N5O2S. The summed E-state index contributed by atoms with van der Waals surface area (Å²) < 4.78 is 54.4. The normalized spacial score (nSPS) is 15.1. The molecule has 4 rings (SSSR count). The van der Waals surface area contributed by atoms with Crippen LogP contribution < -0.4 is 9.62 Å². The van der Waals surface area contributed by atoms with E-state index in [-0.39, 0.29) is 5.69 Å². The van der Waals surface area contributed by atoms with Gasteiger partial charge in [-0.2, -0.15) is 0 Å². The summed E-state index contributed by atoms with van der Waals surface area (Å²) in [6, 6.07) is 12.6. The van der Waals surface area contributed by atoms with Crippen molar-refractivity contribution < 1.29 is 17.2 Å². The zero-order valence-electron chi connectivity index (χ0n) is 16.8. The Morgan fingerprint density at radius 1 is 0.935 bits per heavy atom. The maximum absolute atomic E-state index is 13.9. The first kappa shape index (κ1) is 21.1. The van der Waals surface area contributed by atoms with E-state index in [9.17, 15) is 17.2 Å². The Kier molecular flexibility index (Phi) is 5.84. The van der Waals surface area contributed by atoms with E-state index in [0.717, 1.165) is 44.1 Å². The first-order valence-electron chi connectivity index (χ1n) is 9.67. The molecule has 0 radical (unpaired) electrons. The number of hydrogen-bond donors (Lipinski definition) is 1. The number of halogens is 2. The summed E-state index contributed by atoms with van der Waals surface area (Å²) in [4.78, 5) is 3.79. The molecule has 2 heterocycles. The maximum Gasteiger partial charge on any atom is 0.264 e. The average molecular weight is 445 g/mol. The van der Waals surface area contributed by atoms with Gasteiger partial charge in [-0.3, -0.25) is 4.72 Å². The van der Waals surface area contributed by atoms with Crippen LogP contribution in [0.3, 0.4) is 0 Å². The number of hydrogen-bond acceptors (Lipinski definition) is 6. The minimum Gasteiger partial charge on any atom is -0.353 e. The smallest absolute Gasteiger partial charge is 0.264 e. The largest absolute Gasteiger partial charge is 0.353 e. The van der Waals surface area contributed by atoms with E-state index < -0.39 is 26.6 Å². The first-order chi connectivity index (χ1) is 14.8. The highest BCUT2D eigenvalue weighted by Gasteiger charge is 2.20. The fourth-order valence-corrected chi connectivity index (χ4v) is 4.44. The molecule has 0 amide bonds. The van der Waals surface area contributed by atoms with Gasteiger partial charge >= 0.3 is 0 Å². The Labute approximate surface area is 179 Å². The highest BCUT2D eigenvalue weighted by Crippen LogP contribution is 2.25. The molecule has 1 aliphatic rings. The Morgan fingerprint density at radius 2 is 1.71 bits per heavy atom. The zero-order valence-corrected chi connectivity index (χ0v) is 17.6. The van der Waals surface area contributed by atoms with Gasteiger partial charge in [-0.1, -0.05) is 12.1 Å². The second-order valence-corrected chi connectivity index (χ2v) is 8.98. The van der Waals surface area contributed by atoms with Crippen LogP contribution in [0.5, 0.6) is 0 Å². The van der Waals surface area contributed by atoms with E-state index in [4.69, 9.17) is 0 Å². The Bertz CT molecular complexity index is 1180. The molecule has 1 aromatic heterocycles. The summed E-state index contributed by atoms with van der Waals surface area (Å²) in [7, 11) is -2.14. The topological polar surface area (TPSA) is 78.4 Å². The third kappa shape index (κ3) is 4.80. The lowest BCUT2D eigenvalue weighted by Gasteiger charge is -2.32. The van der Waals surface area contributed by atoms with E-state index >= 15 is 0 Å². The van der Waals surface area contributed by atoms with Crippen molar-refractivity contribution in [2.75, 3.05) is 42.8 Å². The number of sulfonamides is 1. The molecule has 3 aromatic rings. The van der Waals surface area contributed by atoms with Crippen molar-refractivity contribution >= 4 is 21.5 Å². The lowest BCUT2D eigenvalue weighted by atomic mass is 10.1. The van der Waals surface area contributed by atoms with Gasteiger partial charge in [0.15, 0.2) is 5.82 Å². The van der Waals surface area contributed by atoms with Crippen LogP contribution in [0.1, 0.15) is 0 Å². The number of aromatic nitrogens is 2. The van der Waals surface area contributed by atoms with E-state index in [1.807, 2.05) is 12.1 Å². The van der Waals surface area contributed by atoms with E-state index in [2.05, 4.69) is 31.8 Å². The number of piperazine rings is 1. The van der Waals surface area contributed by atoms with Crippen molar-refractivity contribution in [1.82, 2.24) is 15.1 Å². The van der Waals surface area contributed by atoms with Crippen LogP contribution in [-0.2, 0) is 10.0 Å². The predicted octanol–water partition coefficient (Wildman–Crippen LogP) is 2.97. The highest BCUT2D eigenvalue weighted by molar-refractivity contribution is 7.92. The molecule has 31 heavy (non-hydrogen) atoms. The van der Waals surface area contributed by atoms with Crippen molar-refractivity contribution in [3.8, 4) is 11.3 Å². The molecule has 1 aliphatic heterocycles. The molecule has 0 aliphatic carbocycles. The van der Waals surface area contributed by atoms with Crippen molar-refractivity contribution in [2.45, 2.75) is 4.90 Å². The van der Waals surface area contributed by atoms with Crippen LogP contribution >= 0.6 is 0 Å². The third-order valence-corrected chi connectivity index (χ3v) is 6.49. The van der Waals surface area contributed by atoms with Crippen molar-refractivity contribution in [3.63, 3.8) is 0 Å². The van der Waals surface area contributed by atoms with Gasteiger partial charge in [-0.15, -0.1) is 10.2 Å². The van der Waals surface area contributed by atoms with Gasteiger partial charge in [0.05, 0.1) is 5.69 Å². The molecule has 1 fully saturated rings. The average Bonchev–Trinajstić information content (AvgIpc) is 2.74. The van der Waals surface area contributed by atoms with Gasteiger partial charge in [-0.05, 0) is 43.4 Å².